The van der Waals surface area contributed by atoms with Gasteiger partial charge in [0.05, 0.1) is 5.56 Å². The van der Waals surface area contributed by atoms with Crippen molar-refractivity contribution in [3.63, 3.8) is 0 Å². The number of thiophene rings is 1. The van der Waals surface area contributed by atoms with Gasteiger partial charge in [0.25, 0.3) is 0 Å². The molecule has 0 amide bonds. The lowest BCUT2D eigenvalue weighted by atomic mass is 9.72. The average molecular weight is 495 g/mol. The zero-order valence-electron chi connectivity index (χ0n) is 18.8. The molecule has 1 aliphatic carbocycles. The molecular formula is C26H28BrN3S. The monoisotopic (exact) mass is 493 g/mol. The second kappa shape index (κ2) is 8.41. The number of halogens is 1. The molecule has 0 unspecified atom stereocenters. The zero-order chi connectivity index (χ0) is 22.3. The van der Waals surface area contributed by atoms with Crippen molar-refractivity contribution in [2.45, 2.75) is 53.9 Å². The second-order valence-corrected chi connectivity index (χ2v) is 11.5. The van der Waals surface area contributed by atoms with Gasteiger partial charge in [0.2, 0.25) is 0 Å². The van der Waals surface area contributed by atoms with Crippen LogP contribution in [0, 0.1) is 36.5 Å². The topological polar surface area (TPSA) is 41.1 Å². The Kier molecular flexibility index (Phi) is 5.98. The molecule has 0 N–H and O–H groups in total. The van der Waals surface area contributed by atoms with Crippen LogP contribution in [0.2, 0.25) is 0 Å². The summed E-state index contributed by atoms with van der Waals surface area (Å²) in [6.07, 6.45) is 5.13. The molecule has 0 fully saturated rings. The van der Waals surface area contributed by atoms with Gasteiger partial charge in [-0.3, -0.25) is 0 Å². The number of nitriles is 1. The van der Waals surface area contributed by atoms with Crippen molar-refractivity contribution < 1.29 is 0 Å². The van der Waals surface area contributed by atoms with Crippen molar-refractivity contribution in [2.24, 2.45) is 16.3 Å². The predicted molar refractivity (Wildman–Crippen MR) is 134 cm³/mol. The Morgan fingerprint density at radius 1 is 1.23 bits per heavy atom. The van der Waals surface area contributed by atoms with Gasteiger partial charge in [0.15, 0.2) is 0 Å². The van der Waals surface area contributed by atoms with E-state index in [1.807, 2.05) is 6.21 Å². The van der Waals surface area contributed by atoms with Gasteiger partial charge < -0.3 is 4.57 Å². The van der Waals surface area contributed by atoms with E-state index in [1.54, 1.807) is 11.3 Å². The molecule has 5 heteroatoms. The number of hydrogen-bond acceptors (Lipinski definition) is 3. The van der Waals surface area contributed by atoms with Crippen LogP contribution < -0.4 is 0 Å². The first-order valence-corrected chi connectivity index (χ1v) is 12.3. The van der Waals surface area contributed by atoms with Gasteiger partial charge >= 0.3 is 0 Å². The minimum absolute atomic E-state index is 0.294. The predicted octanol–water partition coefficient (Wildman–Crippen LogP) is 7.69. The van der Waals surface area contributed by atoms with Crippen LogP contribution in [0.15, 0.2) is 39.8 Å². The highest BCUT2D eigenvalue weighted by molar-refractivity contribution is 9.10. The largest absolute Gasteiger partial charge is 0.318 e. The highest BCUT2D eigenvalue weighted by Gasteiger charge is 2.32. The second-order valence-electron chi connectivity index (χ2n) is 9.50. The van der Waals surface area contributed by atoms with E-state index in [9.17, 15) is 5.26 Å². The number of nitrogens with zero attached hydrogens (tertiary/aromatic N) is 3. The van der Waals surface area contributed by atoms with Crippen molar-refractivity contribution in [2.75, 3.05) is 0 Å². The minimum Gasteiger partial charge on any atom is -0.318 e. The number of fused-ring (bicyclic) bond motifs is 1. The normalized spacial score (nSPS) is 16.5. The molecular weight excluding hydrogens is 466 g/mol. The number of benzene rings is 1. The average Bonchev–Trinajstić information content (AvgIpc) is 3.22. The Labute approximate surface area is 197 Å². The maximum absolute atomic E-state index is 9.83. The third-order valence-corrected chi connectivity index (χ3v) is 8.15. The lowest BCUT2D eigenvalue weighted by Gasteiger charge is -2.33. The molecule has 0 aliphatic heterocycles. The van der Waals surface area contributed by atoms with Gasteiger partial charge in [0.1, 0.15) is 11.1 Å². The fraction of sp³-hybridized carbons (Fsp3) is 0.385. The zero-order valence-corrected chi connectivity index (χ0v) is 21.2. The summed E-state index contributed by atoms with van der Waals surface area (Å²) >= 11 is 5.22. The van der Waals surface area contributed by atoms with Gasteiger partial charge in [-0.05, 0) is 80.3 Å². The first kappa shape index (κ1) is 22.0. The van der Waals surface area contributed by atoms with Crippen molar-refractivity contribution >= 4 is 38.5 Å². The van der Waals surface area contributed by atoms with Gasteiger partial charge in [-0.25, -0.2) is 4.99 Å². The van der Waals surface area contributed by atoms with Crippen molar-refractivity contribution in [1.29, 1.82) is 5.26 Å². The summed E-state index contributed by atoms with van der Waals surface area (Å²) in [5.74, 6) is 0.659. The Hall–Kier alpha value is -2.16. The summed E-state index contributed by atoms with van der Waals surface area (Å²) in [4.78, 5) is 6.17. The molecule has 0 saturated carbocycles. The van der Waals surface area contributed by atoms with Crippen LogP contribution in [-0.2, 0) is 12.8 Å². The molecule has 0 radical (unpaired) electrons. The molecule has 2 aromatic heterocycles. The van der Waals surface area contributed by atoms with E-state index in [4.69, 9.17) is 4.99 Å². The molecule has 0 saturated heterocycles. The van der Waals surface area contributed by atoms with Gasteiger partial charge in [0, 0.05) is 38.2 Å². The molecule has 1 aromatic carbocycles. The molecule has 0 bridgehead atoms. The fourth-order valence-corrected chi connectivity index (χ4v) is 6.04. The molecule has 1 aliphatic rings. The third kappa shape index (κ3) is 4.29. The first-order valence-electron chi connectivity index (χ1n) is 10.7. The van der Waals surface area contributed by atoms with E-state index in [0.29, 0.717) is 11.3 Å². The molecule has 1 atom stereocenters. The third-order valence-electron chi connectivity index (χ3n) is 6.46. The van der Waals surface area contributed by atoms with Crippen LogP contribution in [-0.4, -0.2) is 10.8 Å². The van der Waals surface area contributed by atoms with Crippen molar-refractivity contribution in [3.8, 4) is 11.8 Å². The van der Waals surface area contributed by atoms with Crippen LogP contribution in [0.25, 0.3) is 5.69 Å². The first-order chi connectivity index (χ1) is 14.7. The molecule has 4 rings (SSSR count). The molecule has 3 aromatic rings. The lowest BCUT2D eigenvalue weighted by molar-refractivity contribution is 0.218. The summed E-state index contributed by atoms with van der Waals surface area (Å²) in [5.41, 5.74) is 6.85. The van der Waals surface area contributed by atoms with E-state index < -0.39 is 0 Å². The lowest BCUT2D eigenvalue weighted by Crippen LogP contribution is -2.26. The SMILES string of the molecule is Cc1cc(C=Nc2sc3c(c2C#N)CC[C@@H](C(C)(C)C)C3)c(C)n1-c1ccc(Br)cc1. The molecule has 2 heterocycles. The Balaban J connectivity index is 1.66. The maximum Gasteiger partial charge on any atom is 0.134 e. The Morgan fingerprint density at radius 3 is 2.58 bits per heavy atom. The number of hydrogen-bond donors (Lipinski definition) is 0. The minimum atomic E-state index is 0.294. The van der Waals surface area contributed by atoms with Crippen LogP contribution in [0.4, 0.5) is 5.00 Å². The van der Waals surface area contributed by atoms with Gasteiger partial charge in [-0.1, -0.05) is 36.7 Å². The fourth-order valence-electron chi connectivity index (χ4n) is 4.55. The summed E-state index contributed by atoms with van der Waals surface area (Å²) < 4.78 is 3.31. The molecule has 0 spiro atoms. The van der Waals surface area contributed by atoms with E-state index >= 15 is 0 Å². The molecule has 3 nitrogen and oxygen atoms in total. The van der Waals surface area contributed by atoms with E-state index in [2.05, 4.69) is 91.5 Å². The highest BCUT2D eigenvalue weighted by atomic mass is 79.9. The van der Waals surface area contributed by atoms with Crippen molar-refractivity contribution in [1.82, 2.24) is 4.57 Å². The highest BCUT2D eigenvalue weighted by Crippen LogP contribution is 2.44. The van der Waals surface area contributed by atoms with Crippen LogP contribution in [0.5, 0.6) is 0 Å². The number of aromatic nitrogens is 1. The maximum atomic E-state index is 9.83. The van der Waals surface area contributed by atoms with Crippen LogP contribution in [0.3, 0.4) is 0 Å². The standard InChI is InChI=1S/C26H28BrN3S/c1-16-12-18(17(2)30(16)21-9-7-20(27)8-10-21)15-29-25-23(14-28)22-11-6-19(26(3,4)5)13-24(22)31-25/h7-10,12,15,19H,6,11,13H2,1-5H3/t19-/m1/s1. The summed E-state index contributed by atoms with van der Waals surface area (Å²) in [7, 11) is 0. The van der Waals surface area contributed by atoms with Gasteiger partial charge in [-0.15, -0.1) is 11.3 Å². The summed E-state index contributed by atoms with van der Waals surface area (Å²) in [5, 5.41) is 10.7. The summed E-state index contributed by atoms with van der Waals surface area (Å²) in [6.45, 7) is 11.2. The Morgan fingerprint density at radius 2 is 1.94 bits per heavy atom. The summed E-state index contributed by atoms with van der Waals surface area (Å²) in [6, 6.07) is 12.9. The smallest absolute Gasteiger partial charge is 0.134 e. The van der Waals surface area contributed by atoms with Crippen LogP contribution in [0.1, 0.15) is 60.1 Å². The number of rotatable bonds is 3. The van der Waals surface area contributed by atoms with Gasteiger partial charge in [-0.2, -0.15) is 5.26 Å². The van der Waals surface area contributed by atoms with Crippen molar-refractivity contribution in [3.05, 3.63) is 67.8 Å². The quantitative estimate of drug-likeness (QED) is 0.344. The number of aliphatic imine (C=N–C) groups is 1. The van der Waals surface area contributed by atoms with E-state index in [-0.39, 0.29) is 0 Å². The molecule has 160 valence electrons. The number of aryl methyl sites for hydroxylation is 1. The Bertz CT molecular complexity index is 1180. The molecule has 31 heavy (non-hydrogen) atoms. The van der Waals surface area contributed by atoms with E-state index in [1.165, 1.54) is 16.1 Å². The van der Waals surface area contributed by atoms with E-state index in [0.717, 1.165) is 51.2 Å². The van der Waals surface area contributed by atoms with Crippen LogP contribution >= 0.6 is 27.3 Å².